The van der Waals surface area contributed by atoms with E-state index in [4.69, 9.17) is 11.6 Å². The predicted molar refractivity (Wildman–Crippen MR) is 66.7 cm³/mol. The van der Waals surface area contributed by atoms with Gasteiger partial charge in [-0.15, -0.1) is 0 Å². The Labute approximate surface area is 107 Å². The third kappa shape index (κ3) is 4.10. The summed E-state index contributed by atoms with van der Waals surface area (Å²) in [5.74, 6) is -0.869. The molecule has 0 bridgehead atoms. The van der Waals surface area contributed by atoms with Crippen molar-refractivity contribution < 1.29 is 9.18 Å². The maximum absolute atomic E-state index is 13.1. The number of nitrogens with one attached hydrogen (secondary N) is 1. The summed E-state index contributed by atoms with van der Waals surface area (Å²) in [6, 6.07) is 4.01. The molecule has 1 amide bonds. The summed E-state index contributed by atoms with van der Waals surface area (Å²) in [6.45, 7) is 2.55. The van der Waals surface area contributed by atoms with E-state index in [-0.39, 0.29) is 16.5 Å². The molecule has 1 N–H and O–H groups in total. The molecule has 0 aromatic heterocycles. The molecule has 0 radical (unpaired) electrons. The average molecular weight is 309 g/mol. The van der Waals surface area contributed by atoms with Crippen LogP contribution in [0.15, 0.2) is 18.2 Å². The minimum Gasteiger partial charge on any atom is -0.352 e. The monoisotopic (exact) mass is 307 g/mol. The quantitative estimate of drug-likeness (QED) is 0.849. The van der Waals surface area contributed by atoms with Crippen molar-refractivity contribution in [3.8, 4) is 0 Å². The third-order valence-corrected chi connectivity index (χ3v) is 2.77. The Morgan fingerprint density at radius 1 is 1.62 bits per heavy atom. The molecule has 0 saturated heterocycles. The molecule has 0 aliphatic carbocycles. The van der Waals surface area contributed by atoms with Crippen LogP contribution in [0.3, 0.4) is 0 Å². The molecule has 2 nitrogen and oxygen atoms in total. The van der Waals surface area contributed by atoms with Gasteiger partial charge in [-0.25, -0.2) is 4.39 Å². The molecule has 1 atom stereocenters. The molecular weight excluding hydrogens is 296 g/mol. The molecule has 88 valence electrons. The summed E-state index contributed by atoms with van der Waals surface area (Å²) in [4.78, 5) is 11.9. The van der Waals surface area contributed by atoms with E-state index in [1.54, 1.807) is 0 Å². The van der Waals surface area contributed by atoms with Crippen molar-refractivity contribution in [3.63, 3.8) is 0 Å². The number of halogens is 3. The predicted octanol–water partition coefficient (Wildman–Crippen LogP) is 3.38. The van der Waals surface area contributed by atoms with Crippen molar-refractivity contribution in [1.29, 1.82) is 0 Å². The maximum Gasteiger partial charge on any atom is 0.251 e. The van der Waals surface area contributed by atoms with Crippen LogP contribution < -0.4 is 5.32 Å². The summed E-state index contributed by atoms with van der Waals surface area (Å²) in [5.41, 5.74) is 0.282. The number of carbonyl (C=O) groups is 1. The Bertz CT molecular complexity index is 384. The topological polar surface area (TPSA) is 29.1 Å². The van der Waals surface area contributed by atoms with Gasteiger partial charge in [-0.1, -0.05) is 34.5 Å². The van der Waals surface area contributed by atoms with Crippen LogP contribution in [0.25, 0.3) is 0 Å². The van der Waals surface area contributed by atoms with Gasteiger partial charge in [-0.2, -0.15) is 0 Å². The standard InChI is InChI=1S/C11H12BrClFNO/c1-7(12)4-5-15-11(16)8-2-3-9(13)10(14)6-8/h2-3,6-7H,4-5H2,1H3,(H,15,16). The summed E-state index contributed by atoms with van der Waals surface area (Å²) < 4.78 is 13.1. The normalized spacial score (nSPS) is 12.2. The molecule has 1 unspecified atom stereocenters. The number of rotatable bonds is 4. The van der Waals surface area contributed by atoms with Gasteiger partial charge in [-0.05, 0) is 24.6 Å². The van der Waals surface area contributed by atoms with Crippen LogP contribution in [-0.2, 0) is 0 Å². The largest absolute Gasteiger partial charge is 0.352 e. The van der Waals surface area contributed by atoms with Crippen molar-refractivity contribution in [3.05, 3.63) is 34.6 Å². The highest BCUT2D eigenvalue weighted by molar-refractivity contribution is 9.09. The first-order chi connectivity index (χ1) is 7.50. The van der Waals surface area contributed by atoms with Gasteiger partial charge in [0.2, 0.25) is 0 Å². The van der Waals surface area contributed by atoms with Crippen LogP contribution in [0.1, 0.15) is 23.7 Å². The number of benzene rings is 1. The molecule has 0 spiro atoms. The van der Waals surface area contributed by atoms with Crippen molar-refractivity contribution in [2.75, 3.05) is 6.54 Å². The highest BCUT2D eigenvalue weighted by atomic mass is 79.9. The lowest BCUT2D eigenvalue weighted by atomic mass is 10.2. The SMILES string of the molecule is CC(Br)CCNC(=O)c1ccc(Cl)c(F)c1. The van der Waals surface area contributed by atoms with Crippen LogP contribution in [0, 0.1) is 5.82 Å². The van der Waals surface area contributed by atoms with E-state index in [0.717, 1.165) is 12.5 Å². The minimum absolute atomic E-state index is 0.0191. The van der Waals surface area contributed by atoms with E-state index in [1.165, 1.54) is 12.1 Å². The zero-order valence-corrected chi connectivity index (χ0v) is 11.1. The lowest BCUT2D eigenvalue weighted by Gasteiger charge is -2.06. The fraction of sp³-hybridized carbons (Fsp3) is 0.364. The highest BCUT2D eigenvalue weighted by Gasteiger charge is 2.08. The minimum atomic E-state index is -0.580. The lowest BCUT2D eigenvalue weighted by molar-refractivity contribution is 0.0953. The summed E-state index contributed by atoms with van der Waals surface area (Å²) >= 11 is 8.89. The van der Waals surface area contributed by atoms with E-state index in [1.807, 2.05) is 6.92 Å². The van der Waals surface area contributed by atoms with Crippen LogP contribution in [0.5, 0.6) is 0 Å². The van der Waals surface area contributed by atoms with Crippen molar-refractivity contribution in [2.24, 2.45) is 0 Å². The van der Waals surface area contributed by atoms with Crippen molar-refractivity contribution >= 4 is 33.4 Å². The first kappa shape index (κ1) is 13.5. The fourth-order valence-corrected chi connectivity index (χ4v) is 1.47. The number of hydrogen-bond donors (Lipinski definition) is 1. The van der Waals surface area contributed by atoms with Crippen LogP contribution in [0.2, 0.25) is 5.02 Å². The van der Waals surface area contributed by atoms with Gasteiger partial charge in [0, 0.05) is 16.9 Å². The second kappa shape index (κ2) is 6.21. The van der Waals surface area contributed by atoms with Crippen LogP contribution in [-0.4, -0.2) is 17.3 Å². The van der Waals surface area contributed by atoms with Gasteiger partial charge in [0.15, 0.2) is 0 Å². The van der Waals surface area contributed by atoms with Gasteiger partial charge in [-0.3, -0.25) is 4.79 Å². The molecule has 1 rings (SSSR count). The Morgan fingerprint density at radius 3 is 2.88 bits per heavy atom. The number of carbonyl (C=O) groups excluding carboxylic acids is 1. The third-order valence-electron chi connectivity index (χ3n) is 2.01. The van der Waals surface area contributed by atoms with Crippen molar-refractivity contribution in [1.82, 2.24) is 5.32 Å². The summed E-state index contributed by atoms with van der Waals surface area (Å²) in [6.07, 6.45) is 0.821. The fourth-order valence-electron chi connectivity index (χ4n) is 1.12. The molecule has 1 aromatic rings. The van der Waals surface area contributed by atoms with Gasteiger partial charge in [0.1, 0.15) is 5.82 Å². The maximum atomic E-state index is 13.1. The number of hydrogen-bond acceptors (Lipinski definition) is 1. The zero-order chi connectivity index (χ0) is 12.1. The van der Waals surface area contributed by atoms with Gasteiger partial charge in [0.05, 0.1) is 5.02 Å². The zero-order valence-electron chi connectivity index (χ0n) is 8.77. The first-order valence-electron chi connectivity index (χ1n) is 4.88. The van der Waals surface area contributed by atoms with Crippen LogP contribution in [0.4, 0.5) is 4.39 Å². The smallest absolute Gasteiger partial charge is 0.251 e. The van der Waals surface area contributed by atoms with Gasteiger partial charge in [0.25, 0.3) is 5.91 Å². The Morgan fingerprint density at radius 2 is 2.31 bits per heavy atom. The number of alkyl halides is 1. The van der Waals surface area contributed by atoms with E-state index < -0.39 is 5.82 Å². The molecule has 5 heteroatoms. The number of amides is 1. The van der Waals surface area contributed by atoms with Crippen molar-refractivity contribution in [2.45, 2.75) is 18.2 Å². The first-order valence-corrected chi connectivity index (χ1v) is 6.17. The van der Waals surface area contributed by atoms with E-state index in [2.05, 4.69) is 21.2 Å². The van der Waals surface area contributed by atoms with E-state index >= 15 is 0 Å². The summed E-state index contributed by atoms with van der Waals surface area (Å²) in [7, 11) is 0. The Balaban J connectivity index is 2.56. The molecule has 0 heterocycles. The molecular formula is C11H12BrClFNO. The van der Waals surface area contributed by atoms with E-state index in [9.17, 15) is 9.18 Å². The molecule has 0 saturated carbocycles. The van der Waals surface area contributed by atoms with Gasteiger partial charge < -0.3 is 5.32 Å². The van der Waals surface area contributed by atoms with Gasteiger partial charge >= 0.3 is 0 Å². The average Bonchev–Trinajstić information content (AvgIpc) is 2.21. The second-order valence-corrected chi connectivity index (χ2v) is 5.42. The Hall–Kier alpha value is -0.610. The molecule has 0 aliphatic rings. The molecule has 0 aliphatic heterocycles. The lowest BCUT2D eigenvalue weighted by Crippen LogP contribution is -2.25. The summed E-state index contributed by atoms with van der Waals surface area (Å²) in [5, 5.41) is 2.72. The van der Waals surface area contributed by atoms with E-state index in [0.29, 0.717) is 11.4 Å². The molecule has 1 aromatic carbocycles. The Kier molecular flexibility index (Phi) is 5.22. The highest BCUT2D eigenvalue weighted by Crippen LogP contribution is 2.15. The second-order valence-electron chi connectivity index (χ2n) is 3.45. The molecule has 0 fully saturated rings. The molecule has 16 heavy (non-hydrogen) atoms. The van der Waals surface area contributed by atoms with Crippen LogP contribution >= 0.6 is 27.5 Å².